The lowest BCUT2D eigenvalue weighted by atomic mass is 9.92. The Morgan fingerprint density at radius 3 is 1.15 bits per heavy atom. The molecule has 0 saturated heterocycles. The highest BCUT2D eigenvalue weighted by molar-refractivity contribution is 8.67. The van der Waals surface area contributed by atoms with Crippen LogP contribution in [0.1, 0.15) is 31.9 Å². The summed E-state index contributed by atoms with van der Waals surface area (Å²) < 4.78 is 182. The fourth-order valence-electron chi connectivity index (χ4n) is 3.50. The zero-order valence-electron chi connectivity index (χ0n) is 20.6. The smallest absolute Gasteiger partial charge is 0.442 e. The molecule has 0 aromatic heterocycles. The van der Waals surface area contributed by atoms with E-state index in [1.54, 1.807) is 0 Å². The van der Waals surface area contributed by atoms with Gasteiger partial charge in [0.05, 0.1) is 9.79 Å². The molecule has 1 unspecified atom stereocenters. The zero-order chi connectivity index (χ0) is 32.0. The van der Waals surface area contributed by atoms with Crippen LogP contribution in [0.2, 0.25) is 0 Å². The third-order valence-electron chi connectivity index (χ3n) is 5.52. The molecule has 1 atom stereocenters. The molecule has 0 aliphatic heterocycles. The number of carbonyl (C=O) groups is 2. The molecule has 19 heteroatoms. The first kappa shape index (κ1) is 33.9. The maximum absolute atomic E-state index is 13.6. The SMILES string of the molecule is CC(=O)OC(C)(c1ccc(S(=O)(=O)S(=O)(=O)c2ccc(C(OC(C)=O)(C(F)(F)F)C(F)(F)F)cc2)cc1)C(F)(F)F. The fourth-order valence-corrected chi connectivity index (χ4v) is 7.13. The lowest BCUT2D eigenvalue weighted by Gasteiger charge is -2.36. The molecule has 0 amide bonds. The van der Waals surface area contributed by atoms with E-state index in [0.29, 0.717) is 38.1 Å². The summed E-state index contributed by atoms with van der Waals surface area (Å²) in [5.41, 5.74) is -11.1. The molecule has 228 valence electrons. The maximum Gasteiger partial charge on any atom is 0.442 e. The summed E-state index contributed by atoms with van der Waals surface area (Å²) in [5.74, 6) is -3.36. The van der Waals surface area contributed by atoms with Gasteiger partial charge in [0, 0.05) is 25.0 Å². The Balaban J connectivity index is 2.62. The minimum atomic E-state index is -6.30. The number of hydrogen-bond donors (Lipinski definition) is 0. The summed E-state index contributed by atoms with van der Waals surface area (Å²) in [5, 5.41) is 0. The van der Waals surface area contributed by atoms with Crippen LogP contribution in [0.5, 0.6) is 0 Å². The van der Waals surface area contributed by atoms with Crippen molar-refractivity contribution in [3.05, 3.63) is 59.7 Å². The van der Waals surface area contributed by atoms with E-state index in [-0.39, 0.29) is 31.2 Å². The Kier molecular flexibility index (Phi) is 8.66. The highest BCUT2D eigenvalue weighted by Crippen LogP contribution is 2.53. The lowest BCUT2D eigenvalue weighted by Crippen LogP contribution is -2.56. The van der Waals surface area contributed by atoms with Gasteiger partial charge in [0.25, 0.3) is 17.7 Å². The third kappa shape index (κ3) is 5.86. The number of rotatable bonds is 7. The van der Waals surface area contributed by atoms with Gasteiger partial charge in [-0.1, -0.05) is 24.3 Å². The van der Waals surface area contributed by atoms with Gasteiger partial charge in [-0.3, -0.25) is 9.59 Å². The van der Waals surface area contributed by atoms with Crippen molar-refractivity contribution in [1.82, 2.24) is 0 Å². The van der Waals surface area contributed by atoms with E-state index in [1.807, 2.05) is 0 Å². The van der Waals surface area contributed by atoms with Gasteiger partial charge < -0.3 is 9.47 Å². The molecule has 0 bridgehead atoms. The summed E-state index contributed by atoms with van der Waals surface area (Å²) in [4.78, 5) is 19.9. The molecule has 8 nitrogen and oxygen atoms in total. The van der Waals surface area contributed by atoms with Gasteiger partial charge in [-0.15, -0.1) is 0 Å². The lowest BCUT2D eigenvalue weighted by molar-refractivity contribution is -0.377. The first-order chi connectivity index (χ1) is 18.3. The van der Waals surface area contributed by atoms with Crippen molar-refractivity contribution in [3.63, 3.8) is 0 Å². The topological polar surface area (TPSA) is 121 Å². The predicted octanol–water partition coefficient (Wildman–Crippen LogP) is 5.07. The van der Waals surface area contributed by atoms with Crippen molar-refractivity contribution in [1.29, 1.82) is 0 Å². The van der Waals surface area contributed by atoms with Gasteiger partial charge in [0.2, 0.25) is 5.60 Å². The van der Waals surface area contributed by atoms with Crippen LogP contribution >= 0.6 is 0 Å². The molecule has 0 radical (unpaired) electrons. The largest absolute Gasteiger partial charge is 0.445 e. The van der Waals surface area contributed by atoms with E-state index in [2.05, 4.69) is 9.47 Å². The third-order valence-corrected chi connectivity index (χ3v) is 10.7. The molecule has 0 aliphatic carbocycles. The van der Waals surface area contributed by atoms with E-state index in [4.69, 9.17) is 0 Å². The second-order valence-electron chi connectivity index (χ2n) is 8.35. The van der Waals surface area contributed by atoms with Gasteiger partial charge in [-0.2, -0.15) is 39.5 Å². The minimum absolute atomic E-state index is 0.0662. The number of alkyl halides is 9. The highest BCUT2D eigenvalue weighted by atomic mass is 33.2. The quantitative estimate of drug-likeness (QED) is 0.233. The summed E-state index contributed by atoms with van der Waals surface area (Å²) in [7, 11) is -11.2. The monoisotopic (exact) mass is 644 g/mol. The molecular formula is C22H17F9O8S2. The predicted molar refractivity (Wildman–Crippen MR) is 118 cm³/mol. The molecule has 41 heavy (non-hydrogen) atoms. The van der Waals surface area contributed by atoms with E-state index >= 15 is 0 Å². The Morgan fingerprint density at radius 1 is 0.561 bits per heavy atom. The average Bonchev–Trinajstić information content (AvgIpc) is 2.79. The Hall–Kier alpha value is -3.35. The molecular weight excluding hydrogens is 627 g/mol. The van der Waals surface area contributed by atoms with Crippen LogP contribution in [-0.4, -0.2) is 47.3 Å². The van der Waals surface area contributed by atoms with Crippen LogP contribution in [0.15, 0.2) is 58.3 Å². The highest BCUT2D eigenvalue weighted by Gasteiger charge is 2.75. The zero-order valence-corrected chi connectivity index (χ0v) is 22.2. The second-order valence-corrected chi connectivity index (χ2v) is 13.7. The summed E-state index contributed by atoms with van der Waals surface area (Å²) in [6.07, 6.45) is -17.8. The summed E-state index contributed by atoms with van der Waals surface area (Å²) >= 11 is 0. The molecule has 2 aromatic carbocycles. The molecule has 0 fully saturated rings. The van der Waals surface area contributed by atoms with Crippen molar-refractivity contribution in [3.8, 4) is 0 Å². The molecule has 0 spiro atoms. The van der Waals surface area contributed by atoms with Crippen LogP contribution in [0.4, 0.5) is 39.5 Å². The molecule has 0 saturated carbocycles. The number of ether oxygens (including phenoxy) is 2. The van der Waals surface area contributed by atoms with Crippen molar-refractivity contribution in [2.45, 2.75) is 60.3 Å². The Morgan fingerprint density at radius 2 is 0.878 bits per heavy atom. The Labute approximate surface area is 225 Å². The van der Waals surface area contributed by atoms with E-state index in [9.17, 15) is 65.9 Å². The van der Waals surface area contributed by atoms with Gasteiger partial charge >= 0.3 is 36.1 Å². The van der Waals surface area contributed by atoms with Gasteiger partial charge in [-0.05, 0) is 31.2 Å². The summed E-state index contributed by atoms with van der Waals surface area (Å²) in [6.45, 7) is 1.36. The van der Waals surface area contributed by atoms with E-state index < -0.39 is 80.3 Å². The van der Waals surface area contributed by atoms with Crippen LogP contribution < -0.4 is 0 Å². The van der Waals surface area contributed by atoms with Crippen LogP contribution in [0.3, 0.4) is 0 Å². The molecule has 0 aliphatic rings. The standard InChI is InChI=1S/C22H17F9O8S2/c1-12(32)38-18(3,20(23,24)25)14-4-8-16(9-5-14)40(34,35)41(36,37)17-10-6-15(7-11-17)19(21(26,27)28,22(29,30)31)39-13(2)33/h4-11H,1-3H3. The van der Waals surface area contributed by atoms with Crippen LogP contribution in [0.25, 0.3) is 0 Å². The van der Waals surface area contributed by atoms with E-state index in [0.717, 1.165) is 0 Å². The number of carbonyl (C=O) groups excluding carboxylic acids is 2. The van der Waals surface area contributed by atoms with E-state index in [1.165, 1.54) is 0 Å². The first-order valence-electron chi connectivity index (χ1n) is 10.6. The number of benzene rings is 2. The number of hydrogen-bond acceptors (Lipinski definition) is 8. The van der Waals surface area contributed by atoms with Gasteiger partial charge in [-0.25, -0.2) is 16.8 Å². The van der Waals surface area contributed by atoms with Crippen LogP contribution in [-0.2, 0) is 48.0 Å². The maximum atomic E-state index is 13.6. The van der Waals surface area contributed by atoms with Gasteiger partial charge in [0.1, 0.15) is 0 Å². The van der Waals surface area contributed by atoms with Crippen molar-refractivity contribution < 1.29 is 75.4 Å². The number of esters is 2. The fraction of sp³-hybridized carbons (Fsp3) is 0.364. The van der Waals surface area contributed by atoms with Crippen molar-refractivity contribution >= 4 is 29.7 Å². The van der Waals surface area contributed by atoms with Crippen LogP contribution in [0, 0.1) is 0 Å². The normalized spacial score (nSPS) is 15.1. The first-order valence-corrected chi connectivity index (χ1v) is 14.0. The summed E-state index contributed by atoms with van der Waals surface area (Å²) in [6, 6.07) is 1.81. The molecule has 2 aromatic rings. The minimum Gasteiger partial charge on any atom is -0.445 e. The number of halogens is 9. The molecule has 0 heterocycles. The van der Waals surface area contributed by atoms with Crippen molar-refractivity contribution in [2.75, 3.05) is 0 Å². The molecule has 2 rings (SSSR count). The Bertz CT molecular complexity index is 1510. The molecule has 0 N–H and O–H groups in total. The average molecular weight is 644 g/mol. The second kappa shape index (κ2) is 10.5. The van der Waals surface area contributed by atoms with Crippen molar-refractivity contribution in [2.24, 2.45) is 0 Å². The van der Waals surface area contributed by atoms with Gasteiger partial charge in [0.15, 0.2) is 0 Å².